The van der Waals surface area contributed by atoms with Crippen molar-refractivity contribution in [3.8, 4) is 0 Å². The van der Waals surface area contributed by atoms with Crippen LogP contribution in [0.5, 0.6) is 0 Å². The van der Waals surface area contributed by atoms with Gasteiger partial charge < -0.3 is 14.5 Å². The predicted molar refractivity (Wildman–Crippen MR) is 78.4 cm³/mol. The molecule has 0 unspecified atom stereocenters. The number of hydrogen-bond donors (Lipinski definition) is 1. The molecule has 0 atom stereocenters. The van der Waals surface area contributed by atoms with Gasteiger partial charge in [-0.25, -0.2) is 0 Å². The highest BCUT2D eigenvalue weighted by Gasteiger charge is 2.20. The third-order valence-electron chi connectivity index (χ3n) is 4.22. The maximum Gasteiger partial charge on any atom is 0.118 e. The minimum Gasteiger partial charge on any atom is -0.468 e. The van der Waals surface area contributed by atoms with Crippen molar-refractivity contribution in [2.45, 2.75) is 44.8 Å². The smallest absolute Gasteiger partial charge is 0.118 e. The van der Waals surface area contributed by atoms with Crippen LogP contribution in [0.3, 0.4) is 0 Å². The number of hydrogen-bond acceptors (Lipinski definition) is 4. The van der Waals surface area contributed by atoms with Crippen molar-refractivity contribution in [2.24, 2.45) is 5.92 Å². The standard InChI is InChI=1S/C16H26N2O2/c1-18(10-13-4-6-19-7-5-13)11-16-8-14(12-20-16)9-17-15-2-3-15/h8,12-13,15,17H,2-7,9-11H2,1H3. The van der Waals surface area contributed by atoms with E-state index in [0.29, 0.717) is 0 Å². The molecule has 4 nitrogen and oxygen atoms in total. The number of nitrogens with zero attached hydrogens (tertiary/aromatic N) is 1. The molecule has 1 N–H and O–H groups in total. The van der Waals surface area contributed by atoms with Gasteiger partial charge in [-0.2, -0.15) is 0 Å². The molecule has 1 saturated heterocycles. The Hall–Kier alpha value is -0.840. The Morgan fingerprint density at radius 2 is 2.05 bits per heavy atom. The molecule has 0 amide bonds. The average molecular weight is 278 g/mol. The molecule has 2 fully saturated rings. The molecule has 1 saturated carbocycles. The molecule has 0 spiro atoms. The Labute approximate surface area is 121 Å². The molecule has 2 heterocycles. The lowest BCUT2D eigenvalue weighted by molar-refractivity contribution is 0.0543. The number of nitrogens with one attached hydrogen (secondary N) is 1. The van der Waals surface area contributed by atoms with Gasteiger partial charge in [0, 0.05) is 37.9 Å². The number of furan rings is 1. The van der Waals surface area contributed by atoms with E-state index in [4.69, 9.17) is 9.15 Å². The van der Waals surface area contributed by atoms with E-state index in [1.54, 1.807) is 0 Å². The molecule has 4 heteroatoms. The van der Waals surface area contributed by atoms with E-state index in [1.165, 1.54) is 31.2 Å². The summed E-state index contributed by atoms with van der Waals surface area (Å²) >= 11 is 0. The third-order valence-corrected chi connectivity index (χ3v) is 4.22. The summed E-state index contributed by atoms with van der Waals surface area (Å²) in [5.41, 5.74) is 1.27. The summed E-state index contributed by atoms with van der Waals surface area (Å²) < 4.78 is 11.1. The number of ether oxygens (including phenoxy) is 1. The van der Waals surface area contributed by atoms with Crippen molar-refractivity contribution in [3.63, 3.8) is 0 Å². The van der Waals surface area contributed by atoms with E-state index in [-0.39, 0.29) is 0 Å². The lowest BCUT2D eigenvalue weighted by Crippen LogP contribution is -2.29. The molecule has 0 bridgehead atoms. The first-order valence-electron chi connectivity index (χ1n) is 7.85. The number of rotatable bonds is 7. The van der Waals surface area contributed by atoms with Gasteiger partial charge in [-0.1, -0.05) is 0 Å². The SMILES string of the molecule is CN(Cc1cc(CNC2CC2)co1)CC1CCOCC1. The quantitative estimate of drug-likeness (QED) is 0.831. The van der Waals surface area contributed by atoms with Crippen LogP contribution in [0.2, 0.25) is 0 Å². The summed E-state index contributed by atoms with van der Waals surface area (Å²) in [5, 5.41) is 3.52. The highest BCUT2D eigenvalue weighted by molar-refractivity contribution is 5.13. The van der Waals surface area contributed by atoms with Crippen molar-refractivity contribution in [1.29, 1.82) is 0 Å². The van der Waals surface area contributed by atoms with Crippen molar-refractivity contribution in [1.82, 2.24) is 10.2 Å². The maximum absolute atomic E-state index is 5.67. The molecule has 112 valence electrons. The second kappa shape index (κ2) is 6.74. The fourth-order valence-electron chi connectivity index (χ4n) is 2.85. The minimum atomic E-state index is 0.754. The molecular weight excluding hydrogens is 252 g/mol. The monoisotopic (exact) mass is 278 g/mol. The Bertz CT molecular complexity index is 408. The van der Waals surface area contributed by atoms with Gasteiger partial charge in [0.1, 0.15) is 5.76 Å². The van der Waals surface area contributed by atoms with Crippen LogP contribution in [0.15, 0.2) is 16.7 Å². The van der Waals surface area contributed by atoms with E-state index in [1.807, 2.05) is 6.26 Å². The highest BCUT2D eigenvalue weighted by atomic mass is 16.5. The highest BCUT2D eigenvalue weighted by Crippen LogP contribution is 2.20. The molecule has 1 aliphatic heterocycles. The molecule has 0 radical (unpaired) electrons. The summed E-state index contributed by atoms with van der Waals surface area (Å²) in [7, 11) is 2.18. The van der Waals surface area contributed by atoms with Crippen molar-refractivity contribution in [2.75, 3.05) is 26.8 Å². The second-order valence-corrected chi connectivity index (χ2v) is 6.33. The van der Waals surface area contributed by atoms with Crippen LogP contribution in [0, 0.1) is 5.92 Å². The first kappa shape index (κ1) is 14.1. The summed E-state index contributed by atoms with van der Waals surface area (Å²) in [6, 6.07) is 2.94. The summed E-state index contributed by atoms with van der Waals surface area (Å²) in [6.45, 7) is 4.84. The molecular formula is C16H26N2O2. The first-order valence-corrected chi connectivity index (χ1v) is 7.85. The van der Waals surface area contributed by atoms with Gasteiger partial charge in [0.15, 0.2) is 0 Å². The van der Waals surface area contributed by atoms with E-state index < -0.39 is 0 Å². The average Bonchev–Trinajstić information content (AvgIpc) is 3.18. The van der Waals surface area contributed by atoms with E-state index in [0.717, 1.165) is 50.6 Å². The summed E-state index contributed by atoms with van der Waals surface area (Å²) in [4.78, 5) is 2.37. The zero-order chi connectivity index (χ0) is 13.8. The molecule has 2 aliphatic rings. The van der Waals surface area contributed by atoms with Gasteiger partial charge in [-0.05, 0) is 44.7 Å². The zero-order valence-corrected chi connectivity index (χ0v) is 12.4. The van der Waals surface area contributed by atoms with Crippen molar-refractivity contribution >= 4 is 0 Å². The molecule has 1 aromatic rings. The van der Waals surface area contributed by atoms with Crippen molar-refractivity contribution in [3.05, 3.63) is 23.7 Å². The molecule has 1 aliphatic carbocycles. The molecule has 3 rings (SSSR count). The van der Waals surface area contributed by atoms with Gasteiger partial charge in [0.25, 0.3) is 0 Å². The van der Waals surface area contributed by atoms with Crippen LogP contribution >= 0.6 is 0 Å². The van der Waals surface area contributed by atoms with Crippen LogP contribution < -0.4 is 5.32 Å². The first-order chi connectivity index (χ1) is 9.79. The Morgan fingerprint density at radius 3 is 2.80 bits per heavy atom. The van der Waals surface area contributed by atoms with Gasteiger partial charge in [-0.15, -0.1) is 0 Å². The van der Waals surface area contributed by atoms with Gasteiger partial charge in [-0.3, -0.25) is 4.90 Å². The lowest BCUT2D eigenvalue weighted by Gasteiger charge is -2.26. The van der Waals surface area contributed by atoms with E-state index in [9.17, 15) is 0 Å². The molecule has 20 heavy (non-hydrogen) atoms. The molecule has 0 aromatic carbocycles. The Kier molecular flexibility index (Phi) is 4.76. The molecule has 1 aromatic heterocycles. The van der Waals surface area contributed by atoms with Crippen LogP contribution in [0.1, 0.15) is 37.0 Å². The Morgan fingerprint density at radius 1 is 1.25 bits per heavy atom. The zero-order valence-electron chi connectivity index (χ0n) is 12.4. The fourth-order valence-corrected chi connectivity index (χ4v) is 2.85. The third kappa shape index (κ3) is 4.33. The topological polar surface area (TPSA) is 37.6 Å². The summed E-state index contributed by atoms with van der Waals surface area (Å²) in [5.74, 6) is 1.85. The van der Waals surface area contributed by atoms with Crippen LogP contribution in [-0.2, 0) is 17.8 Å². The van der Waals surface area contributed by atoms with E-state index in [2.05, 4.69) is 23.3 Å². The summed E-state index contributed by atoms with van der Waals surface area (Å²) in [6.07, 6.45) is 6.95. The van der Waals surface area contributed by atoms with Gasteiger partial charge >= 0.3 is 0 Å². The fraction of sp³-hybridized carbons (Fsp3) is 0.750. The minimum absolute atomic E-state index is 0.754. The second-order valence-electron chi connectivity index (χ2n) is 6.33. The predicted octanol–water partition coefficient (Wildman–Crippen LogP) is 2.39. The maximum atomic E-state index is 5.67. The van der Waals surface area contributed by atoms with E-state index >= 15 is 0 Å². The normalized spacial score (nSPS) is 20.7. The van der Waals surface area contributed by atoms with Crippen molar-refractivity contribution < 1.29 is 9.15 Å². The van der Waals surface area contributed by atoms with Gasteiger partial charge in [0.05, 0.1) is 12.8 Å². The van der Waals surface area contributed by atoms with Gasteiger partial charge in [0.2, 0.25) is 0 Å². The van der Waals surface area contributed by atoms with Crippen LogP contribution in [0.25, 0.3) is 0 Å². The van der Waals surface area contributed by atoms with Crippen LogP contribution in [0.4, 0.5) is 0 Å². The largest absolute Gasteiger partial charge is 0.468 e. The Balaban J connectivity index is 1.41. The van der Waals surface area contributed by atoms with Crippen LogP contribution in [-0.4, -0.2) is 37.7 Å². The lowest BCUT2D eigenvalue weighted by atomic mass is 10.00.